The van der Waals surface area contributed by atoms with E-state index in [0.29, 0.717) is 58.5 Å². The van der Waals surface area contributed by atoms with Crippen molar-refractivity contribution in [2.24, 2.45) is 5.41 Å². The zero-order valence-electron chi connectivity index (χ0n) is 24.1. The molecule has 3 N–H and O–H groups in total. The van der Waals surface area contributed by atoms with E-state index in [-0.39, 0.29) is 29.3 Å². The molecule has 10 nitrogen and oxygen atoms in total. The molecule has 0 saturated carbocycles. The predicted octanol–water partition coefficient (Wildman–Crippen LogP) is 3.14. The Balaban J connectivity index is 1.13. The summed E-state index contributed by atoms with van der Waals surface area (Å²) in [7, 11) is 0. The largest absolute Gasteiger partial charge is 0.336 e. The molecule has 1 fully saturated rings. The van der Waals surface area contributed by atoms with Crippen LogP contribution in [-0.4, -0.2) is 87.6 Å². The molecule has 0 bridgehead atoms. The number of nitrogens with one attached hydrogen (secondary N) is 3. The smallest absolute Gasteiger partial charge is 0.318 e. The van der Waals surface area contributed by atoms with Crippen molar-refractivity contribution in [1.82, 2.24) is 30.2 Å². The van der Waals surface area contributed by atoms with Gasteiger partial charge in [-0.15, -0.1) is 0 Å². The number of para-hydroxylation sites is 1. The third kappa shape index (κ3) is 5.66. The molecular formula is C31H39N7O3. The number of amides is 4. The number of hydrogen-bond donors (Lipinski definition) is 3. The van der Waals surface area contributed by atoms with Crippen molar-refractivity contribution in [3.63, 3.8) is 0 Å². The van der Waals surface area contributed by atoms with Crippen molar-refractivity contribution in [2.75, 3.05) is 38.0 Å². The van der Waals surface area contributed by atoms with Crippen molar-refractivity contribution in [2.45, 2.75) is 58.7 Å². The van der Waals surface area contributed by atoms with E-state index in [1.54, 1.807) is 4.90 Å². The van der Waals surface area contributed by atoms with E-state index >= 15 is 0 Å². The Hall–Kier alpha value is -3.92. The van der Waals surface area contributed by atoms with Gasteiger partial charge in [-0.25, -0.2) is 4.79 Å². The van der Waals surface area contributed by atoms with Crippen LogP contribution in [-0.2, 0) is 29.0 Å². The monoisotopic (exact) mass is 557 g/mol. The zero-order valence-corrected chi connectivity index (χ0v) is 24.1. The Bertz CT molecular complexity index is 1470. The lowest BCUT2D eigenvalue weighted by Crippen LogP contribution is -2.60. The lowest BCUT2D eigenvalue weighted by molar-refractivity contribution is -0.135. The number of carbonyl (C=O) groups excluding carboxylic acids is 3. The SMILES string of the molecule is CC(C)(C)CN1Cc2c(ccc3[nH]ncc23)CC[C@@H](NC(=O)N2CCN(C3Cc4ccccc4NC3=O)CC2)C1=O. The molecule has 0 aliphatic carbocycles. The first-order valence-electron chi connectivity index (χ1n) is 14.6. The second-order valence-corrected chi connectivity index (χ2v) is 12.7. The molecule has 2 aromatic carbocycles. The minimum atomic E-state index is -0.600. The highest BCUT2D eigenvalue weighted by molar-refractivity contribution is 5.98. The Morgan fingerprint density at radius 1 is 1.05 bits per heavy atom. The second kappa shape index (κ2) is 10.8. The van der Waals surface area contributed by atoms with Gasteiger partial charge in [-0.3, -0.25) is 19.6 Å². The van der Waals surface area contributed by atoms with Crippen molar-refractivity contribution in [1.29, 1.82) is 0 Å². The zero-order chi connectivity index (χ0) is 28.7. The van der Waals surface area contributed by atoms with E-state index in [9.17, 15) is 14.4 Å². The molecule has 4 heterocycles. The lowest BCUT2D eigenvalue weighted by atomic mass is 9.91. The maximum atomic E-state index is 13.9. The average Bonchev–Trinajstić information content (AvgIpc) is 3.43. The number of fused-ring (bicyclic) bond motifs is 4. The van der Waals surface area contributed by atoms with Crippen LogP contribution in [0.3, 0.4) is 0 Å². The molecule has 10 heteroatoms. The van der Waals surface area contributed by atoms with E-state index in [4.69, 9.17) is 0 Å². The fraction of sp³-hybridized carbons (Fsp3) is 0.484. The fourth-order valence-corrected chi connectivity index (χ4v) is 6.40. The number of carbonyl (C=O) groups is 3. The number of hydrogen-bond acceptors (Lipinski definition) is 5. The van der Waals surface area contributed by atoms with Crippen LogP contribution < -0.4 is 10.6 Å². The van der Waals surface area contributed by atoms with Crippen LogP contribution in [0.2, 0.25) is 0 Å². The third-order valence-corrected chi connectivity index (χ3v) is 8.49. The van der Waals surface area contributed by atoms with E-state index in [1.807, 2.05) is 35.4 Å². The van der Waals surface area contributed by atoms with Gasteiger partial charge in [0.15, 0.2) is 0 Å². The molecule has 1 saturated heterocycles. The first-order valence-corrected chi connectivity index (χ1v) is 14.6. The summed E-state index contributed by atoms with van der Waals surface area (Å²) in [5.74, 6) is -0.0377. The van der Waals surface area contributed by atoms with Crippen molar-refractivity contribution >= 4 is 34.4 Å². The number of nitrogens with zero attached hydrogens (tertiary/aromatic N) is 4. The second-order valence-electron chi connectivity index (χ2n) is 12.7. The molecule has 3 aliphatic heterocycles. The number of aromatic nitrogens is 2. The van der Waals surface area contributed by atoms with Gasteiger partial charge in [-0.1, -0.05) is 45.0 Å². The number of aromatic amines is 1. The topological polar surface area (TPSA) is 114 Å². The Kier molecular flexibility index (Phi) is 7.19. The van der Waals surface area contributed by atoms with Crippen LogP contribution in [0.5, 0.6) is 0 Å². The van der Waals surface area contributed by atoms with Gasteiger partial charge in [-0.05, 0) is 53.5 Å². The number of aryl methyl sites for hydroxylation is 1. The van der Waals surface area contributed by atoms with Gasteiger partial charge in [0.2, 0.25) is 11.8 Å². The van der Waals surface area contributed by atoms with Crippen LogP contribution in [0.25, 0.3) is 10.9 Å². The molecule has 1 aromatic heterocycles. The number of H-pyrrole nitrogens is 1. The maximum Gasteiger partial charge on any atom is 0.318 e. The summed E-state index contributed by atoms with van der Waals surface area (Å²) in [4.78, 5) is 46.0. The normalized spacial score (nSPS) is 22.0. The van der Waals surface area contributed by atoms with E-state index in [2.05, 4.69) is 58.6 Å². The molecule has 2 atom stereocenters. The van der Waals surface area contributed by atoms with Gasteiger partial charge in [0.05, 0.1) is 17.8 Å². The van der Waals surface area contributed by atoms with Crippen LogP contribution >= 0.6 is 0 Å². The summed E-state index contributed by atoms with van der Waals surface area (Å²) >= 11 is 0. The predicted molar refractivity (Wildman–Crippen MR) is 157 cm³/mol. The van der Waals surface area contributed by atoms with E-state index in [0.717, 1.165) is 27.7 Å². The summed E-state index contributed by atoms with van der Waals surface area (Å²) in [5, 5.41) is 14.4. The van der Waals surface area contributed by atoms with Crippen molar-refractivity contribution < 1.29 is 14.4 Å². The van der Waals surface area contributed by atoms with E-state index in [1.165, 1.54) is 5.56 Å². The maximum absolute atomic E-state index is 13.9. The van der Waals surface area contributed by atoms with Crippen LogP contribution in [0, 0.1) is 5.41 Å². The Morgan fingerprint density at radius 3 is 2.61 bits per heavy atom. The van der Waals surface area contributed by atoms with Gasteiger partial charge in [0, 0.05) is 50.3 Å². The average molecular weight is 558 g/mol. The molecule has 3 aromatic rings. The quantitative estimate of drug-likeness (QED) is 0.458. The summed E-state index contributed by atoms with van der Waals surface area (Å²) in [6.07, 6.45) is 3.73. The molecule has 216 valence electrons. The van der Waals surface area contributed by atoms with Crippen LogP contribution in [0.15, 0.2) is 42.6 Å². The molecule has 3 aliphatic rings. The standard InChI is InChI=1S/C31H39N7O3/c1-31(2,3)19-38-18-23-20(8-10-25-22(23)17-32-35-25)9-11-26(29(38)40)34-30(41)37-14-12-36(13-15-37)27-16-21-6-4-5-7-24(21)33-28(27)39/h4-8,10,17,26-27H,9,11-16,18-19H2,1-3H3,(H,32,35)(H,33,39)(H,34,41)/t26-,27?/m1/s1. The van der Waals surface area contributed by atoms with Gasteiger partial charge in [0.25, 0.3) is 0 Å². The summed E-state index contributed by atoms with van der Waals surface area (Å²) in [6.45, 7) is 9.66. The summed E-state index contributed by atoms with van der Waals surface area (Å²) in [6, 6.07) is 11.0. The number of rotatable bonds is 3. The number of anilines is 1. The van der Waals surface area contributed by atoms with Crippen molar-refractivity contribution in [3.05, 3.63) is 59.3 Å². The Morgan fingerprint density at radius 2 is 1.83 bits per heavy atom. The highest BCUT2D eigenvalue weighted by atomic mass is 16.2. The summed E-state index contributed by atoms with van der Waals surface area (Å²) in [5.41, 5.74) is 5.19. The third-order valence-electron chi connectivity index (χ3n) is 8.49. The molecule has 0 spiro atoms. The number of benzene rings is 2. The fourth-order valence-electron chi connectivity index (χ4n) is 6.40. The van der Waals surface area contributed by atoms with Crippen LogP contribution in [0.1, 0.15) is 43.9 Å². The summed E-state index contributed by atoms with van der Waals surface area (Å²) < 4.78 is 0. The van der Waals surface area contributed by atoms with Gasteiger partial charge < -0.3 is 20.4 Å². The minimum Gasteiger partial charge on any atom is -0.336 e. The number of piperazine rings is 1. The van der Waals surface area contributed by atoms with Crippen molar-refractivity contribution in [3.8, 4) is 0 Å². The van der Waals surface area contributed by atoms with Gasteiger partial charge >= 0.3 is 6.03 Å². The molecule has 6 rings (SSSR count). The lowest BCUT2D eigenvalue weighted by Gasteiger charge is -2.41. The van der Waals surface area contributed by atoms with Gasteiger partial charge in [-0.2, -0.15) is 5.10 Å². The highest BCUT2D eigenvalue weighted by Gasteiger charge is 2.36. The first kappa shape index (κ1) is 27.3. The highest BCUT2D eigenvalue weighted by Crippen LogP contribution is 2.29. The number of urea groups is 1. The molecule has 41 heavy (non-hydrogen) atoms. The Labute approximate surface area is 240 Å². The van der Waals surface area contributed by atoms with Crippen LogP contribution in [0.4, 0.5) is 10.5 Å². The minimum absolute atomic E-state index is 0.00800. The molecule has 4 amide bonds. The first-order chi connectivity index (χ1) is 19.7. The van der Waals surface area contributed by atoms with Gasteiger partial charge in [0.1, 0.15) is 6.04 Å². The molecule has 1 unspecified atom stereocenters. The molecule has 0 radical (unpaired) electrons. The molecular weight excluding hydrogens is 518 g/mol. The van der Waals surface area contributed by atoms with E-state index < -0.39 is 6.04 Å².